The van der Waals surface area contributed by atoms with Gasteiger partial charge < -0.3 is 9.52 Å². The van der Waals surface area contributed by atoms with E-state index in [2.05, 4.69) is 6.07 Å². The van der Waals surface area contributed by atoms with Crippen LogP contribution in [0.5, 0.6) is 0 Å². The summed E-state index contributed by atoms with van der Waals surface area (Å²) in [6.45, 7) is 3.30. The molecule has 6 heteroatoms. The number of benzene rings is 3. The summed E-state index contributed by atoms with van der Waals surface area (Å²) in [5.74, 6) is -0.352. The van der Waals surface area contributed by atoms with Gasteiger partial charge in [0.05, 0.1) is 11.1 Å². The van der Waals surface area contributed by atoms with E-state index in [1.54, 1.807) is 0 Å². The highest BCUT2D eigenvalue weighted by atomic mass is 16.4. The third-order valence-corrected chi connectivity index (χ3v) is 6.51. The van der Waals surface area contributed by atoms with E-state index in [1.165, 1.54) is 0 Å². The maximum Gasteiger partial charge on any atom is 0.320 e. The number of piperidine rings is 1. The quantitative estimate of drug-likeness (QED) is 0.414. The van der Waals surface area contributed by atoms with Crippen molar-refractivity contribution in [2.45, 2.75) is 38.8 Å². The Morgan fingerprint density at radius 2 is 1.94 bits per heavy atom. The van der Waals surface area contributed by atoms with Gasteiger partial charge in [-0.3, -0.25) is 9.69 Å². The van der Waals surface area contributed by atoms with Gasteiger partial charge in [-0.05, 0) is 55.1 Å². The number of rotatable bonds is 5. The molecule has 1 N–H and O–H groups in total. The monoisotopic (exact) mass is 451 g/mol. The lowest BCUT2D eigenvalue weighted by atomic mass is 9.96. The second kappa shape index (κ2) is 9.12. The summed E-state index contributed by atoms with van der Waals surface area (Å²) in [5.41, 5.74) is 6.32. The molecule has 5 rings (SSSR count). The van der Waals surface area contributed by atoms with Gasteiger partial charge in [0.1, 0.15) is 17.6 Å². The average Bonchev–Trinajstić information content (AvgIpc) is 3.29. The number of aryl methyl sites for hydroxylation is 1. The number of likely N-dealkylation sites (tertiary alicyclic amines) is 1. The minimum atomic E-state index is -0.761. The Hall–Kier alpha value is -3.95. The van der Waals surface area contributed by atoms with Crippen molar-refractivity contribution in [3.8, 4) is 28.7 Å². The van der Waals surface area contributed by atoms with Crippen LogP contribution in [0.15, 0.2) is 65.1 Å². The standard InChI is InChI=1S/C28H25N3O3/c1-18-14-19(17-31-13-6-5-12-25(31)28(32)33)15-24-26(18)34-27(30-24)22-11-7-10-21(23(22)16-29)20-8-3-2-4-9-20/h2-4,7-11,14-15,25H,5-6,12-13,17H2,1H3,(H,32,33)/t25-/m0/s1. The SMILES string of the molecule is Cc1cc(CN2CCCC[C@H]2C(=O)O)cc2nc(-c3cccc(-c4ccccc4)c3C#N)oc12. The van der Waals surface area contributed by atoms with E-state index in [1.807, 2.05) is 72.5 Å². The topological polar surface area (TPSA) is 90.4 Å². The number of carboxylic acid groups (broad SMARTS) is 1. The fourth-order valence-electron chi connectivity index (χ4n) is 4.88. The number of fused-ring (bicyclic) bond motifs is 1. The van der Waals surface area contributed by atoms with Crippen molar-refractivity contribution < 1.29 is 14.3 Å². The van der Waals surface area contributed by atoms with Gasteiger partial charge in [-0.25, -0.2) is 4.98 Å². The first-order valence-corrected chi connectivity index (χ1v) is 11.5. The van der Waals surface area contributed by atoms with Crippen LogP contribution in [0.4, 0.5) is 0 Å². The molecule has 3 aromatic carbocycles. The molecule has 1 aliphatic rings. The van der Waals surface area contributed by atoms with Crippen LogP contribution in [-0.2, 0) is 11.3 Å². The normalized spacial score (nSPS) is 16.4. The number of nitrogens with zero attached hydrogens (tertiary/aromatic N) is 3. The molecular formula is C28H25N3O3. The number of hydrogen-bond donors (Lipinski definition) is 1. The summed E-state index contributed by atoms with van der Waals surface area (Å²) < 4.78 is 6.15. The molecule has 0 unspecified atom stereocenters. The van der Waals surface area contributed by atoms with E-state index in [4.69, 9.17) is 9.40 Å². The van der Waals surface area contributed by atoms with Gasteiger partial charge in [0, 0.05) is 12.1 Å². The average molecular weight is 452 g/mol. The number of carbonyl (C=O) groups is 1. The molecule has 0 spiro atoms. The Bertz CT molecular complexity index is 1400. The molecule has 0 amide bonds. The summed E-state index contributed by atoms with van der Waals surface area (Å²) in [4.78, 5) is 18.5. The number of oxazole rings is 1. The number of carboxylic acids is 1. The molecule has 2 heterocycles. The van der Waals surface area contributed by atoms with Crippen LogP contribution in [0.2, 0.25) is 0 Å². The maximum absolute atomic E-state index is 11.7. The van der Waals surface area contributed by atoms with E-state index >= 15 is 0 Å². The summed E-state index contributed by atoms with van der Waals surface area (Å²) in [7, 11) is 0. The highest BCUT2D eigenvalue weighted by Gasteiger charge is 2.28. The number of aliphatic carboxylic acids is 1. The van der Waals surface area contributed by atoms with E-state index in [9.17, 15) is 15.2 Å². The molecule has 0 aliphatic carbocycles. The Kier molecular flexibility index (Phi) is 5.87. The van der Waals surface area contributed by atoms with E-state index < -0.39 is 12.0 Å². The highest BCUT2D eigenvalue weighted by molar-refractivity contribution is 5.84. The smallest absolute Gasteiger partial charge is 0.320 e. The van der Waals surface area contributed by atoms with Crippen molar-refractivity contribution >= 4 is 17.1 Å². The minimum Gasteiger partial charge on any atom is -0.480 e. The lowest BCUT2D eigenvalue weighted by Crippen LogP contribution is -2.44. The van der Waals surface area contributed by atoms with Crippen molar-refractivity contribution in [3.05, 3.63) is 77.4 Å². The highest BCUT2D eigenvalue weighted by Crippen LogP contribution is 2.34. The Labute approximate surface area is 198 Å². The largest absolute Gasteiger partial charge is 0.480 e. The fourth-order valence-corrected chi connectivity index (χ4v) is 4.88. The van der Waals surface area contributed by atoms with Gasteiger partial charge in [0.25, 0.3) is 0 Å². The van der Waals surface area contributed by atoms with Crippen LogP contribution in [-0.4, -0.2) is 33.5 Å². The third kappa shape index (κ3) is 4.07. The van der Waals surface area contributed by atoms with Crippen molar-refractivity contribution in [3.63, 3.8) is 0 Å². The molecule has 1 aliphatic heterocycles. The summed E-state index contributed by atoms with van der Waals surface area (Å²) in [6, 6.07) is 21.4. The predicted molar refractivity (Wildman–Crippen MR) is 130 cm³/mol. The number of nitriles is 1. The summed E-state index contributed by atoms with van der Waals surface area (Å²) in [5, 5.41) is 19.6. The van der Waals surface area contributed by atoms with Crippen molar-refractivity contribution in [1.82, 2.24) is 9.88 Å². The Morgan fingerprint density at radius 3 is 2.71 bits per heavy atom. The van der Waals surface area contributed by atoms with Gasteiger partial charge in [0.2, 0.25) is 5.89 Å². The van der Waals surface area contributed by atoms with Crippen LogP contribution in [0, 0.1) is 18.3 Å². The van der Waals surface area contributed by atoms with Crippen LogP contribution in [0.3, 0.4) is 0 Å². The molecule has 6 nitrogen and oxygen atoms in total. The van der Waals surface area contributed by atoms with Crippen LogP contribution < -0.4 is 0 Å². The third-order valence-electron chi connectivity index (χ3n) is 6.51. The molecule has 170 valence electrons. The zero-order chi connectivity index (χ0) is 23.7. The number of aromatic nitrogens is 1. The first kappa shape index (κ1) is 21.9. The maximum atomic E-state index is 11.7. The van der Waals surface area contributed by atoms with Crippen molar-refractivity contribution in [2.24, 2.45) is 0 Å². The molecule has 0 saturated carbocycles. The second-order valence-corrected chi connectivity index (χ2v) is 8.81. The molecule has 1 aromatic heterocycles. The predicted octanol–water partition coefficient (Wildman–Crippen LogP) is 5.78. The Balaban J connectivity index is 1.53. The first-order chi connectivity index (χ1) is 16.5. The zero-order valence-corrected chi connectivity index (χ0v) is 19.0. The van der Waals surface area contributed by atoms with Crippen molar-refractivity contribution in [2.75, 3.05) is 6.54 Å². The number of hydrogen-bond acceptors (Lipinski definition) is 5. The van der Waals surface area contributed by atoms with Gasteiger partial charge in [0.15, 0.2) is 5.58 Å². The lowest BCUT2D eigenvalue weighted by Gasteiger charge is -2.32. The van der Waals surface area contributed by atoms with E-state index in [0.717, 1.165) is 41.6 Å². The van der Waals surface area contributed by atoms with Crippen LogP contribution >= 0.6 is 0 Å². The molecule has 0 radical (unpaired) electrons. The van der Waals surface area contributed by atoms with Crippen molar-refractivity contribution in [1.29, 1.82) is 5.26 Å². The van der Waals surface area contributed by atoms with Crippen LogP contribution in [0.1, 0.15) is 36.0 Å². The Morgan fingerprint density at radius 1 is 1.15 bits per heavy atom. The van der Waals surface area contributed by atoms with Gasteiger partial charge >= 0.3 is 5.97 Å². The van der Waals surface area contributed by atoms with E-state index in [-0.39, 0.29) is 0 Å². The fraction of sp³-hybridized carbons (Fsp3) is 0.250. The zero-order valence-electron chi connectivity index (χ0n) is 19.0. The van der Waals surface area contributed by atoms with E-state index in [0.29, 0.717) is 41.1 Å². The molecular weight excluding hydrogens is 426 g/mol. The van der Waals surface area contributed by atoms with Gasteiger partial charge in [-0.15, -0.1) is 0 Å². The van der Waals surface area contributed by atoms with Gasteiger partial charge in [-0.2, -0.15) is 5.26 Å². The minimum absolute atomic E-state index is 0.408. The molecule has 1 atom stereocenters. The molecule has 1 fully saturated rings. The first-order valence-electron chi connectivity index (χ1n) is 11.5. The molecule has 4 aromatic rings. The molecule has 34 heavy (non-hydrogen) atoms. The summed E-state index contributed by atoms with van der Waals surface area (Å²) >= 11 is 0. The molecule has 0 bridgehead atoms. The van der Waals surface area contributed by atoms with Crippen LogP contribution in [0.25, 0.3) is 33.7 Å². The summed E-state index contributed by atoms with van der Waals surface area (Å²) in [6.07, 6.45) is 2.63. The molecule has 1 saturated heterocycles. The van der Waals surface area contributed by atoms with Gasteiger partial charge in [-0.1, -0.05) is 55.0 Å². The lowest BCUT2D eigenvalue weighted by molar-refractivity contribution is -0.144. The second-order valence-electron chi connectivity index (χ2n) is 8.81.